The summed E-state index contributed by atoms with van der Waals surface area (Å²) in [6.45, 7) is 2.04. The van der Waals surface area contributed by atoms with E-state index in [1.165, 1.54) is 5.39 Å². The summed E-state index contributed by atoms with van der Waals surface area (Å²) in [6, 6.07) is 8.14. The zero-order chi connectivity index (χ0) is 11.7. The van der Waals surface area contributed by atoms with Gasteiger partial charge < -0.3 is 9.47 Å². The zero-order valence-electron chi connectivity index (χ0n) is 9.50. The van der Waals surface area contributed by atoms with E-state index in [4.69, 9.17) is 9.47 Å². The number of ether oxygens (including phenoxy) is 2. The van der Waals surface area contributed by atoms with E-state index in [0.29, 0.717) is 0 Å². The normalized spacial score (nSPS) is 10.5. The summed E-state index contributed by atoms with van der Waals surface area (Å²) in [4.78, 5) is 0. The molecule has 0 saturated heterocycles. The first-order valence-corrected chi connectivity index (χ1v) is 5.77. The Balaban J connectivity index is 2.77. The van der Waals surface area contributed by atoms with Crippen LogP contribution in [0.1, 0.15) is 5.56 Å². The van der Waals surface area contributed by atoms with Crippen molar-refractivity contribution in [3.63, 3.8) is 0 Å². The monoisotopic (exact) mass is 280 g/mol. The van der Waals surface area contributed by atoms with Crippen LogP contribution in [-0.2, 0) is 0 Å². The van der Waals surface area contributed by atoms with Crippen molar-refractivity contribution in [1.29, 1.82) is 0 Å². The Kier molecular flexibility index (Phi) is 3.06. The van der Waals surface area contributed by atoms with Gasteiger partial charge in [0.2, 0.25) is 0 Å². The van der Waals surface area contributed by atoms with Crippen LogP contribution in [0.3, 0.4) is 0 Å². The second-order valence-electron chi connectivity index (χ2n) is 3.62. The van der Waals surface area contributed by atoms with Gasteiger partial charge in [-0.1, -0.05) is 6.07 Å². The van der Waals surface area contributed by atoms with Crippen LogP contribution in [0, 0.1) is 6.92 Å². The summed E-state index contributed by atoms with van der Waals surface area (Å²) < 4.78 is 11.6. The van der Waals surface area contributed by atoms with Gasteiger partial charge in [0.25, 0.3) is 0 Å². The van der Waals surface area contributed by atoms with Crippen LogP contribution in [-0.4, -0.2) is 14.2 Å². The van der Waals surface area contributed by atoms with E-state index in [1.54, 1.807) is 14.2 Å². The molecule has 0 heterocycles. The second-order valence-corrected chi connectivity index (χ2v) is 4.42. The molecule has 3 heteroatoms. The Morgan fingerprint density at radius 3 is 2.31 bits per heavy atom. The predicted molar refractivity (Wildman–Crippen MR) is 69.5 cm³/mol. The smallest absolute Gasteiger partial charge is 0.133 e. The minimum atomic E-state index is 0.832. The molecule has 2 aromatic rings. The van der Waals surface area contributed by atoms with Gasteiger partial charge in [-0.05, 0) is 52.0 Å². The molecule has 0 spiro atoms. The summed E-state index contributed by atoms with van der Waals surface area (Å²) in [6.07, 6.45) is 0. The fraction of sp³-hybridized carbons (Fsp3) is 0.231. The van der Waals surface area contributed by atoms with Crippen LogP contribution < -0.4 is 9.47 Å². The lowest BCUT2D eigenvalue weighted by Gasteiger charge is -2.10. The largest absolute Gasteiger partial charge is 0.496 e. The third kappa shape index (κ3) is 1.76. The fourth-order valence-corrected chi connectivity index (χ4v) is 2.42. The van der Waals surface area contributed by atoms with E-state index < -0.39 is 0 Å². The van der Waals surface area contributed by atoms with Gasteiger partial charge in [0.05, 0.1) is 18.7 Å². The lowest BCUT2D eigenvalue weighted by Crippen LogP contribution is -1.89. The molecule has 16 heavy (non-hydrogen) atoms. The maximum Gasteiger partial charge on any atom is 0.133 e. The van der Waals surface area contributed by atoms with Gasteiger partial charge in [-0.3, -0.25) is 0 Å². The number of hydrogen-bond donors (Lipinski definition) is 0. The van der Waals surface area contributed by atoms with Crippen molar-refractivity contribution in [3.05, 3.63) is 34.3 Å². The summed E-state index contributed by atoms with van der Waals surface area (Å²) >= 11 is 3.55. The lowest BCUT2D eigenvalue weighted by atomic mass is 10.1. The molecular weight excluding hydrogens is 268 g/mol. The first-order chi connectivity index (χ1) is 7.67. The van der Waals surface area contributed by atoms with Gasteiger partial charge in [-0.2, -0.15) is 0 Å². The first kappa shape index (κ1) is 11.3. The van der Waals surface area contributed by atoms with Gasteiger partial charge in [-0.25, -0.2) is 0 Å². The van der Waals surface area contributed by atoms with Crippen LogP contribution in [0.5, 0.6) is 11.5 Å². The third-order valence-corrected chi connectivity index (χ3v) is 3.47. The molecule has 0 bridgehead atoms. The highest BCUT2D eigenvalue weighted by Gasteiger charge is 2.08. The number of halogens is 1. The molecule has 0 aromatic heterocycles. The van der Waals surface area contributed by atoms with Gasteiger partial charge in [0.15, 0.2) is 0 Å². The van der Waals surface area contributed by atoms with E-state index in [2.05, 4.69) is 22.0 Å². The summed E-state index contributed by atoms with van der Waals surface area (Å²) in [5.74, 6) is 1.72. The highest BCUT2D eigenvalue weighted by atomic mass is 79.9. The maximum absolute atomic E-state index is 5.32. The van der Waals surface area contributed by atoms with Crippen molar-refractivity contribution >= 4 is 26.7 Å². The quantitative estimate of drug-likeness (QED) is 0.830. The predicted octanol–water partition coefficient (Wildman–Crippen LogP) is 3.93. The van der Waals surface area contributed by atoms with E-state index in [9.17, 15) is 0 Å². The Labute approximate surface area is 103 Å². The Morgan fingerprint density at radius 1 is 1.00 bits per heavy atom. The van der Waals surface area contributed by atoms with Gasteiger partial charge in [-0.15, -0.1) is 0 Å². The SMILES string of the molecule is COc1cc2c(Br)c(OC)ccc2cc1C. The molecular formula is C13H13BrO2. The van der Waals surface area contributed by atoms with Gasteiger partial charge in [0.1, 0.15) is 11.5 Å². The van der Waals surface area contributed by atoms with E-state index in [1.807, 2.05) is 25.1 Å². The lowest BCUT2D eigenvalue weighted by molar-refractivity contribution is 0.411. The van der Waals surface area contributed by atoms with Crippen LogP contribution in [0.2, 0.25) is 0 Å². The van der Waals surface area contributed by atoms with E-state index in [-0.39, 0.29) is 0 Å². The van der Waals surface area contributed by atoms with Gasteiger partial charge in [0, 0.05) is 5.39 Å². The number of rotatable bonds is 2. The molecule has 0 aliphatic heterocycles. The van der Waals surface area contributed by atoms with Crippen LogP contribution in [0.4, 0.5) is 0 Å². The molecule has 0 amide bonds. The molecule has 0 aliphatic carbocycles. The topological polar surface area (TPSA) is 18.5 Å². The minimum Gasteiger partial charge on any atom is -0.496 e. The standard InChI is InChI=1S/C13H13BrO2/c1-8-6-9-4-5-11(15-2)13(14)10(9)7-12(8)16-3/h4-7H,1-3H3. The number of fused-ring (bicyclic) bond motifs is 1. The van der Waals surface area contributed by atoms with E-state index in [0.717, 1.165) is 26.9 Å². The van der Waals surface area contributed by atoms with Crippen LogP contribution >= 0.6 is 15.9 Å². The number of aryl methyl sites for hydroxylation is 1. The highest BCUT2D eigenvalue weighted by molar-refractivity contribution is 9.10. The second kappa shape index (κ2) is 4.34. The van der Waals surface area contributed by atoms with Crippen molar-refractivity contribution in [2.45, 2.75) is 6.92 Å². The average molecular weight is 281 g/mol. The number of benzene rings is 2. The molecule has 0 N–H and O–H groups in total. The molecule has 2 rings (SSSR count). The molecule has 2 nitrogen and oxygen atoms in total. The van der Waals surface area contributed by atoms with Crippen molar-refractivity contribution in [1.82, 2.24) is 0 Å². The average Bonchev–Trinajstić information content (AvgIpc) is 2.29. The fourth-order valence-electron chi connectivity index (χ4n) is 1.79. The molecule has 0 aliphatic rings. The van der Waals surface area contributed by atoms with Gasteiger partial charge >= 0.3 is 0 Å². The molecule has 0 fully saturated rings. The van der Waals surface area contributed by atoms with Crippen molar-refractivity contribution in [2.75, 3.05) is 14.2 Å². The minimum absolute atomic E-state index is 0.832. The zero-order valence-corrected chi connectivity index (χ0v) is 11.1. The van der Waals surface area contributed by atoms with E-state index >= 15 is 0 Å². The molecule has 0 saturated carbocycles. The van der Waals surface area contributed by atoms with Crippen LogP contribution in [0.15, 0.2) is 28.7 Å². The first-order valence-electron chi connectivity index (χ1n) is 4.98. The van der Waals surface area contributed by atoms with Crippen LogP contribution in [0.25, 0.3) is 10.8 Å². The van der Waals surface area contributed by atoms with Crippen molar-refractivity contribution in [3.8, 4) is 11.5 Å². The molecule has 0 unspecified atom stereocenters. The Hall–Kier alpha value is -1.22. The number of methoxy groups -OCH3 is 2. The number of hydrogen-bond acceptors (Lipinski definition) is 2. The Morgan fingerprint density at radius 2 is 1.69 bits per heavy atom. The molecule has 2 aromatic carbocycles. The summed E-state index contributed by atoms with van der Waals surface area (Å²) in [7, 11) is 3.35. The highest BCUT2D eigenvalue weighted by Crippen LogP contribution is 2.36. The van der Waals surface area contributed by atoms with Crippen molar-refractivity contribution < 1.29 is 9.47 Å². The maximum atomic E-state index is 5.32. The third-order valence-electron chi connectivity index (χ3n) is 2.65. The summed E-state index contributed by atoms with van der Waals surface area (Å²) in [5, 5.41) is 2.27. The summed E-state index contributed by atoms with van der Waals surface area (Å²) in [5.41, 5.74) is 1.13. The molecule has 84 valence electrons. The molecule has 0 radical (unpaired) electrons. The van der Waals surface area contributed by atoms with Crippen molar-refractivity contribution in [2.24, 2.45) is 0 Å². The molecule has 0 atom stereocenters. The Bertz CT molecular complexity index is 535.